The number of carbonyl (C=O) groups is 1. The molecule has 2 aromatic carbocycles. The van der Waals surface area contributed by atoms with Crippen LogP contribution in [0.5, 0.6) is 0 Å². The molecule has 3 aromatic rings. The highest BCUT2D eigenvalue weighted by Gasteiger charge is 2.09. The van der Waals surface area contributed by atoms with Crippen molar-refractivity contribution in [1.29, 1.82) is 0 Å². The van der Waals surface area contributed by atoms with E-state index in [0.29, 0.717) is 13.1 Å². The summed E-state index contributed by atoms with van der Waals surface area (Å²) in [4.78, 5) is 18.8. The number of thiazole rings is 1. The number of nitrogens with one attached hydrogen (secondary N) is 1. The SMILES string of the molecule is Cc1ccc(CN(C)CC(=O)NCCc2nc3ccccc3s2)c(C)c1. The fraction of sp³-hybridized carbons (Fsp3) is 0.333. The summed E-state index contributed by atoms with van der Waals surface area (Å²) in [6.45, 7) is 6.01. The number of para-hydroxylation sites is 1. The van der Waals surface area contributed by atoms with E-state index in [9.17, 15) is 4.79 Å². The second kappa shape index (κ2) is 8.43. The predicted octanol–water partition coefficient (Wildman–Crippen LogP) is 3.70. The maximum absolute atomic E-state index is 12.2. The van der Waals surface area contributed by atoms with E-state index in [4.69, 9.17) is 0 Å². The molecule has 0 aliphatic rings. The van der Waals surface area contributed by atoms with Crippen LogP contribution in [0.15, 0.2) is 42.5 Å². The Hall–Kier alpha value is -2.24. The first-order chi connectivity index (χ1) is 12.5. The Morgan fingerprint density at radius 1 is 1.19 bits per heavy atom. The molecule has 0 unspecified atom stereocenters. The Labute approximate surface area is 158 Å². The van der Waals surface area contributed by atoms with E-state index >= 15 is 0 Å². The summed E-state index contributed by atoms with van der Waals surface area (Å²) in [5.74, 6) is 0.0541. The summed E-state index contributed by atoms with van der Waals surface area (Å²) >= 11 is 1.69. The van der Waals surface area contributed by atoms with Crippen LogP contribution in [0, 0.1) is 13.8 Å². The lowest BCUT2D eigenvalue weighted by molar-refractivity contribution is -0.122. The molecule has 0 fully saturated rings. The zero-order valence-corrected chi connectivity index (χ0v) is 16.4. The molecule has 1 N–H and O–H groups in total. The highest BCUT2D eigenvalue weighted by atomic mass is 32.1. The fourth-order valence-corrected chi connectivity index (χ4v) is 3.97. The van der Waals surface area contributed by atoms with Gasteiger partial charge in [-0.2, -0.15) is 0 Å². The molecule has 4 nitrogen and oxygen atoms in total. The van der Waals surface area contributed by atoms with Crippen molar-refractivity contribution >= 4 is 27.5 Å². The van der Waals surface area contributed by atoms with Gasteiger partial charge in [0.25, 0.3) is 0 Å². The summed E-state index contributed by atoms with van der Waals surface area (Å²) in [6.07, 6.45) is 0.770. The minimum atomic E-state index is 0.0541. The average Bonchev–Trinajstić information content (AvgIpc) is 3.00. The van der Waals surface area contributed by atoms with Crippen molar-refractivity contribution in [1.82, 2.24) is 15.2 Å². The van der Waals surface area contributed by atoms with Crippen molar-refractivity contribution in [3.05, 3.63) is 64.2 Å². The first-order valence-electron chi connectivity index (χ1n) is 8.87. The molecule has 1 amide bonds. The quantitative estimate of drug-likeness (QED) is 0.692. The lowest BCUT2D eigenvalue weighted by atomic mass is 10.1. The van der Waals surface area contributed by atoms with Gasteiger partial charge in [-0.05, 0) is 44.2 Å². The summed E-state index contributed by atoms with van der Waals surface area (Å²) in [7, 11) is 1.98. The molecule has 3 rings (SSSR count). The number of hydrogen-bond donors (Lipinski definition) is 1. The van der Waals surface area contributed by atoms with Crippen molar-refractivity contribution in [3.63, 3.8) is 0 Å². The molecule has 5 heteroatoms. The monoisotopic (exact) mass is 367 g/mol. The molecule has 1 aromatic heterocycles. The summed E-state index contributed by atoms with van der Waals surface area (Å²) in [5.41, 5.74) is 4.84. The van der Waals surface area contributed by atoms with E-state index in [-0.39, 0.29) is 5.91 Å². The van der Waals surface area contributed by atoms with Crippen molar-refractivity contribution in [3.8, 4) is 0 Å². The van der Waals surface area contributed by atoms with Crippen molar-refractivity contribution < 1.29 is 4.79 Å². The van der Waals surface area contributed by atoms with Crippen LogP contribution in [0.4, 0.5) is 0 Å². The van der Waals surface area contributed by atoms with E-state index in [1.54, 1.807) is 11.3 Å². The van der Waals surface area contributed by atoms with Gasteiger partial charge in [-0.25, -0.2) is 4.98 Å². The fourth-order valence-electron chi connectivity index (χ4n) is 3.01. The number of likely N-dealkylation sites (N-methyl/N-ethyl adjacent to an activating group) is 1. The Kier molecular flexibility index (Phi) is 6.01. The zero-order valence-electron chi connectivity index (χ0n) is 15.6. The van der Waals surface area contributed by atoms with Gasteiger partial charge in [0.05, 0.1) is 21.8 Å². The van der Waals surface area contributed by atoms with Gasteiger partial charge in [-0.1, -0.05) is 35.9 Å². The summed E-state index contributed by atoms with van der Waals surface area (Å²) < 4.78 is 1.20. The maximum atomic E-state index is 12.2. The zero-order chi connectivity index (χ0) is 18.5. The largest absolute Gasteiger partial charge is 0.355 e. The number of hydrogen-bond acceptors (Lipinski definition) is 4. The third-order valence-corrected chi connectivity index (χ3v) is 5.45. The predicted molar refractivity (Wildman–Crippen MR) is 109 cm³/mol. The van der Waals surface area contributed by atoms with Gasteiger partial charge in [0.1, 0.15) is 0 Å². The number of benzene rings is 2. The Balaban J connectivity index is 1.44. The molecule has 0 spiro atoms. The van der Waals surface area contributed by atoms with Crippen LogP contribution < -0.4 is 5.32 Å². The first kappa shape index (κ1) is 18.5. The number of rotatable bonds is 7. The molecule has 1 heterocycles. The number of aryl methyl sites for hydroxylation is 2. The Bertz CT molecular complexity index is 870. The Morgan fingerprint density at radius 2 is 2.00 bits per heavy atom. The standard InChI is InChI=1S/C21H25N3OS/c1-15-8-9-17(16(2)12-15)13-24(3)14-20(25)22-11-10-21-23-18-6-4-5-7-19(18)26-21/h4-9,12H,10-11,13-14H2,1-3H3,(H,22,25). The van der Waals surface area contributed by atoms with Crippen LogP contribution in [-0.4, -0.2) is 35.9 Å². The van der Waals surface area contributed by atoms with Crippen LogP contribution in [-0.2, 0) is 17.8 Å². The lowest BCUT2D eigenvalue weighted by Gasteiger charge is -2.18. The highest BCUT2D eigenvalue weighted by Crippen LogP contribution is 2.21. The van der Waals surface area contributed by atoms with Gasteiger partial charge in [-0.15, -0.1) is 11.3 Å². The minimum Gasteiger partial charge on any atom is -0.355 e. The normalized spacial score (nSPS) is 11.2. The van der Waals surface area contributed by atoms with Crippen molar-refractivity contribution in [2.24, 2.45) is 0 Å². The van der Waals surface area contributed by atoms with Crippen LogP contribution in [0.1, 0.15) is 21.7 Å². The summed E-state index contributed by atoms with van der Waals surface area (Å²) in [5, 5.41) is 4.07. The van der Waals surface area contributed by atoms with E-state index in [1.807, 2.05) is 30.1 Å². The molecular weight excluding hydrogens is 342 g/mol. The lowest BCUT2D eigenvalue weighted by Crippen LogP contribution is -2.35. The topological polar surface area (TPSA) is 45.2 Å². The molecule has 26 heavy (non-hydrogen) atoms. The first-order valence-corrected chi connectivity index (χ1v) is 9.69. The average molecular weight is 368 g/mol. The second-order valence-corrected chi connectivity index (χ2v) is 7.89. The van der Waals surface area contributed by atoms with Crippen LogP contribution >= 0.6 is 11.3 Å². The van der Waals surface area contributed by atoms with Gasteiger partial charge in [0.15, 0.2) is 0 Å². The van der Waals surface area contributed by atoms with Crippen LogP contribution in [0.25, 0.3) is 10.2 Å². The molecule has 0 atom stereocenters. The van der Waals surface area contributed by atoms with Gasteiger partial charge in [-0.3, -0.25) is 9.69 Å². The number of fused-ring (bicyclic) bond motifs is 1. The van der Waals surface area contributed by atoms with Crippen LogP contribution in [0.3, 0.4) is 0 Å². The van der Waals surface area contributed by atoms with Crippen LogP contribution in [0.2, 0.25) is 0 Å². The minimum absolute atomic E-state index is 0.0541. The smallest absolute Gasteiger partial charge is 0.234 e. The van der Waals surface area contributed by atoms with Gasteiger partial charge >= 0.3 is 0 Å². The molecule has 136 valence electrons. The number of amides is 1. The van der Waals surface area contributed by atoms with Gasteiger partial charge in [0, 0.05) is 19.5 Å². The molecule has 0 saturated heterocycles. The second-order valence-electron chi connectivity index (χ2n) is 6.78. The van der Waals surface area contributed by atoms with Gasteiger partial charge in [0.2, 0.25) is 5.91 Å². The summed E-state index contributed by atoms with van der Waals surface area (Å²) in [6, 6.07) is 14.6. The van der Waals surface area contributed by atoms with Crippen molar-refractivity contribution in [2.45, 2.75) is 26.8 Å². The number of nitrogens with zero attached hydrogens (tertiary/aromatic N) is 2. The molecule has 0 aliphatic carbocycles. The van der Waals surface area contributed by atoms with E-state index < -0.39 is 0 Å². The molecule has 0 bridgehead atoms. The van der Waals surface area contributed by atoms with Crippen molar-refractivity contribution in [2.75, 3.05) is 20.1 Å². The maximum Gasteiger partial charge on any atom is 0.234 e. The molecule has 0 radical (unpaired) electrons. The molecule has 0 saturated carbocycles. The molecular formula is C21H25N3OS. The van der Waals surface area contributed by atoms with E-state index in [0.717, 1.165) is 23.5 Å². The van der Waals surface area contributed by atoms with E-state index in [2.05, 4.69) is 48.4 Å². The number of carbonyl (C=O) groups excluding carboxylic acids is 1. The number of aromatic nitrogens is 1. The highest BCUT2D eigenvalue weighted by molar-refractivity contribution is 7.18. The van der Waals surface area contributed by atoms with Gasteiger partial charge < -0.3 is 5.32 Å². The molecule has 0 aliphatic heterocycles. The van der Waals surface area contributed by atoms with E-state index in [1.165, 1.54) is 21.4 Å². The third kappa shape index (κ3) is 4.90. The third-order valence-electron chi connectivity index (χ3n) is 4.35. The Morgan fingerprint density at radius 3 is 2.77 bits per heavy atom.